The zero-order valence-corrected chi connectivity index (χ0v) is 10.4. The van der Waals surface area contributed by atoms with E-state index in [1.807, 2.05) is 0 Å². The molecule has 98 valence electrons. The summed E-state index contributed by atoms with van der Waals surface area (Å²) >= 11 is 0. The van der Waals surface area contributed by atoms with E-state index in [-0.39, 0.29) is 11.8 Å². The molecule has 3 N–H and O–H groups in total. The highest BCUT2D eigenvalue weighted by atomic mass is 16.4. The van der Waals surface area contributed by atoms with Gasteiger partial charge in [-0.05, 0) is 37.6 Å². The highest BCUT2D eigenvalue weighted by Gasteiger charge is 2.36. The van der Waals surface area contributed by atoms with Crippen molar-refractivity contribution < 1.29 is 14.7 Å². The molecule has 17 heavy (non-hydrogen) atoms. The molecule has 1 fully saturated rings. The van der Waals surface area contributed by atoms with Crippen LogP contribution in [-0.2, 0) is 9.59 Å². The number of carbonyl (C=O) groups excluding carboxylic acids is 1. The van der Waals surface area contributed by atoms with Crippen LogP contribution in [0.5, 0.6) is 0 Å². The van der Waals surface area contributed by atoms with Crippen molar-refractivity contribution in [1.82, 2.24) is 10.6 Å². The molecule has 1 amide bonds. The standard InChI is InChI=1S/C12H22N2O3/c1-2-14-10-3-5-12(6-4-10,7-11(16)17)8-13-9-15/h9-10,14H,2-8H2,1H3,(H,13,15)(H,16,17). The summed E-state index contributed by atoms with van der Waals surface area (Å²) in [6.07, 6.45) is 4.49. The number of carboxylic acid groups (broad SMARTS) is 1. The lowest BCUT2D eigenvalue weighted by molar-refractivity contribution is -0.140. The highest BCUT2D eigenvalue weighted by Crippen LogP contribution is 2.38. The SMILES string of the molecule is CCNC1CCC(CNC=O)(CC(=O)O)CC1. The number of nitrogens with one attached hydrogen (secondary N) is 2. The van der Waals surface area contributed by atoms with Gasteiger partial charge in [-0.3, -0.25) is 9.59 Å². The summed E-state index contributed by atoms with van der Waals surface area (Å²) in [6.45, 7) is 3.50. The number of rotatable bonds is 7. The van der Waals surface area contributed by atoms with Crippen LogP contribution in [0.4, 0.5) is 0 Å². The van der Waals surface area contributed by atoms with Crippen molar-refractivity contribution in [2.24, 2.45) is 5.41 Å². The Labute approximate surface area is 102 Å². The Hall–Kier alpha value is -1.10. The predicted molar refractivity (Wildman–Crippen MR) is 64.7 cm³/mol. The first kappa shape index (κ1) is 14.0. The Morgan fingerprint density at radius 2 is 2.12 bits per heavy atom. The molecule has 1 saturated carbocycles. The van der Waals surface area contributed by atoms with E-state index in [1.54, 1.807) is 0 Å². The Morgan fingerprint density at radius 3 is 2.59 bits per heavy atom. The van der Waals surface area contributed by atoms with Crippen molar-refractivity contribution in [2.45, 2.75) is 45.1 Å². The second kappa shape index (κ2) is 6.59. The predicted octanol–water partition coefficient (Wildman–Crippen LogP) is 0.746. The molecule has 0 bridgehead atoms. The minimum absolute atomic E-state index is 0.146. The number of hydrogen-bond donors (Lipinski definition) is 3. The molecule has 0 saturated heterocycles. The van der Waals surface area contributed by atoms with Crippen molar-refractivity contribution in [3.8, 4) is 0 Å². The second-order valence-electron chi connectivity index (χ2n) is 4.90. The fourth-order valence-corrected chi connectivity index (χ4v) is 2.72. The molecule has 0 spiro atoms. The zero-order valence-electron chi connectivity index (χ0n) is 10.4. The third-order valence-electron chi connectivity index (χ3n) is 3.63. The topological polar surface area (TPSA) is 78.4 Å². The van der Waals surface area contributed by atoms with Crippen LogP contribution in [0.15, 0.2) is 0 Å². The summed E-state index contributed by atoms with van der Waals surface area (Å²) in [5.41, 5.74) is -0.251. The molecule has 0 aliphatic heterocycles. The summed E-state index contributed by atoms with van der Waals surface area (Å²) in [6, 6.07) is 0.498. The maximum absolute atomic E-state index is 10.9. The van der Waals surface area contributed by atoms with Crippen molar-refractivity contribution in [2.75, 3.05) is 13.1 Å². The minimum atomic E-state index is -0.778. The second-order valence-corrected chi connectivity index (χ2v) is 4.90. The number of hydrogen-bond acceptors (Lipinski definition) is 3. The van der Waals surface area contributed by atoms with E-state index in [2.05, 4.69) is 17.6 Å². The molecule has 1 rings (SSSR count). The van der Waals surface area contributed by atoms with Crippen LogP contribution in [0, 0.1) is 5.41 Å². The number of aliphatic carboxylic acids is 1. The average Bonchev–Trinajstić information content (AvgIpc) is 2.29. The van der Waals surface area contributed by atoms with Crippen LogP contribution < -0.4 is 10.6 Å². The fraction of sp³-hybridized carbons (Fsp3) is 0.833. The quantitative estimate of drug-likeness (QED) is 0.576. The molecular weight excluding hydrogens is 220 g/mol. The maximum Gasteiger partial charge on any atom is 0.303 e. The van der Waals surface area contributed by atoms with Gasteiger partial charge in [-0.25, -0.2) is 0 Å². The molecule has 1 aliphatic rings. The van der Waals surface area contributed by atoms with Crippen molar-refractivity contribution in [3.05, 3.63) is 0 Å². The van der Waals surface area contributed by atoms with E-state index < -0.39 is 5.97 Å². The van der Waals surface area contributed by atoms with Crippen LogP contribution >= 0.6 is 0 Å². The van der Waals surface area contributed by atoms with Crippen LogP contribution in [0.25, 0.3) is 0 Å². The Morgan fingerprint density at radius 1 is 1.47 bits per heavy atom. The smallest absolute Gasteiger partial charge is 0.303 e. The van der Waals surface area contributed by atoms with Crippen LogP contribution in [0.3, 0.4) is 0 Å². The van der Waals surface area contributed by atoms with E-state index in [0.717, 1.165) is 32.2 Å². The van der Waals surface area contributed by atoms with E-state index in [1.165, 1.54) is 0 Å². The van der Waals surface area contributed by atoms with Crippen LogP contribution in [0.1, 0.15) is 39.0 Å². The lowest BCUT2D eigenvalue weighted by Gasteiger charge is -2.39. The average molecular weight is 242 g/mol. The lowest BCUT2D eigenvalue weighted by Crippen LogP contribution is -2.43. The maximum atomic E-state index is 10.9. The van der Waals surface area contributed by atoms with Gasteiger partial charge >= 0.3 is 5.97 Å². The molecule has 5 heteroatoms. The number of carboxylic acids is 1. The van der Waals surface area contributed by atoms with Crippen molar-refractivity contribution in [3.63, 3.8) is 0 Å². The summed E-state index contributed by atoms with van der Waals surface area (Å²) in [7, 11) is 0. The van der Waals surface area contributed by atoms with Gasteiger partial charge < -0.3 is 15.7 Å². The molecule has 1 aliphatic carbocycles. The molecular formula is C12H22N2O3. The molecule has 0 aromatic heterocycles. The van der Waals surface area contributed by atoms with Gasteiger partial charge in [0, 0.05) is 12.6 Å². The molecule has 0 aromatic rings. The first-order chi connectivity index (χ1) is 8.12. The normalized spacial score (nSPS) is 28.6. The van der Waals surface area contributed by atoms with E-state index in [9.17, 15) is 9.59 Å². The first-order valence-corrected chi connectivity index (χ1v) is 6.24. The minimum Gasteiger partial charge on any atom is -0.481 e. The number of carbonyl (C=O) groups is 2. The summed E-state index contributed by atoms with van der Waals surface area (Å²) < 4.78 is 0. The van der Waals surface area contributed by atoms with Gasteiger partial charge in [0.05, 0.1) is 6.42 Å². The Kier molecular flexibility index (Phi) is 5.41. The molecule has 0 heterocycles. The van der Waals surface area contributed by atoms with Crippen LogP contribution in [-0.4, -0.2) is 36.6 Å². The lowest BCUT2D eigenvalue weighted by atomic mass is 9.70. The monoisotopic (exact) mass is 242 g/mol. The van der Waals surface area contributed by atoms with Crippen LogP contribution in [0.2, 0.25) is 0 Å². The Bertz CT molecular complexity index is 260. The van der Waals surface area contributed by atoms with E-state index in [4.69, 9.17) is 5.11 Å². The summed E-state index contributed by atoms with van der Waals surface area (Å²) in [4.78, 5) is 21.3. The van der Waals surface area contributed by atoms with Crippen molar-refractivity contribution >= 4 is 12.4 Å². The molecule has 0 atom stereocenters. The largest absolute Gasteiger partial charge is 0.481 e. The first-order valence-electron chi connectivity index (χ1n) is 6.24. The van der Waals surface area contributed by atoms with Gasteiger partial charge in [0.15, 0.2) is 0 Å². The fourth-order valence-electron chi connectivity index (χ4n) is 2.72. The van der Waals surface area contributed by atoms with Crippen molar-refractivity contribution in [1.29, 1.82) is 0 Å². The number of amides is 1. The van der Waals surface area contributed by atoms with E-state index >= 15 is 0 Å². The third-order valence-corrected chi connectivity index (χ3v) is 3.63. The van der Waals surface area contributed by atoms with Gasteiger partial charge in [-0.1, -0.05) is 6.92 Å². The summed E-state index contributed by atoms with van der Waals surface area (Å²) in [5.74, 6) is -0.778. The molecule has 0 aromatic carbocycles. The van der Waals surface area contributed by atoms with Gasteiger partial charge in [0.25, 0.3) is 0 Å². The molecule has 0 unspecified atom stereocenters. The highest BCUT2D eigenvalue weighted by molar-refractivity contribution is 5.67. The van der Waals surface area contributed by atoms with Gasteiger partial charge in [0.2, 0.25) is 6.41 Å². The Balaban J connectivity index is 2.54. The van der Waals surface area contributed by atoms with Gasteiger partial charge in [0.1, 0.15) is 0 Å². The third kappa shape index (κ3) is 4.34. The summed E-state index contributed by atoms with van der Waals surface area (Å²) in [5, 5.41) is 15.0. The van der Waals surface area contributed by atoms with Gasteiger partial charge in [-0.2, -0.15) is 0 Å². The van der Waals surface area contributed by atoms with Gasteiger partial charge in [-0.15, -0.1) is 0 Å². The zero-order chi connectivity index (χ0) is 12.7. The molecule has 0 radical (unpaired) electrons. The van der Waals surface area contributed by atoms with E-state index in [0.29, 0.717) is 19.0 Å². The molecule has 5 nitrogen and oxygen atoms in total.